The molecule has 0 aromatic carbocycles. The Morgan fingerprint density at radius 1 is 1.50 bits per heavy atom. The average Bonchev–Trinajstić information content (AvgIpc) is 2.06. The molecule has 12 heavy (non-hydrogen) atoms. The number of hydrogen-bond donors (Lipinski definition) is 0. The molecule has 0 spiro atoms. The molecule has 0 aromatic heterocycles. The second-order valence-electron chi connectivity index (χ2n) is 2.71. The summed E-state index contributed by atoms with van der Waals surface area (Å²) in [7, 11) is 4.99. The molecule has 0 heterocycles. The van der Waals surface area contributed by atoms with Crippen LogP contribution in [0.1, 0.15) is 6.92 Å². The molecule has 2 nitrogen and oxygen atoms in total. The number of halogens is 2. The maximum Gasteiger partial charge on any atom is 0.246 e. The van der Waals surface area contributed by atoms with Crippen molar-refractivity contribution < 1.29 is 4.43 Å². The largest absolute Gasteiger partial charge is 0.414 e. The first-order chi connectivity index (χ1) is 5.67. The minimum Gasteiger partial charge on any atom is -0.414 e. The van der Waals surface area contributed by atoms with Crippen LogP contribution in [0.2, 0.25) is 0 Å². The molecule has 0 aliphatic heterocycles. The number of hydrogen-bond acceptors (Lipinski definition) is 2. The van der Waals surface area contributed by atoms with Crippen molar-refractivity contribution >= 4 is 33.7 Å². The molecule has 0 saturated carbocycles. The Kier molecular flexibility index (Phi) is 7.58. The van der Waals surface area contributed by atoms with Crippen LogP contribution in [-0.4, -0.2) is 52.9 Å². The van der Waals surface area contributed by atoms with Crippen LogP contribution in [0.3, 0.4) is 0 Å². The van der Waals surface area contributed by atoms with Crippen molar-refractivity contribution in [2.24, 2.45) is 0 Å². The number of nitrogens with zero attached hydrogens (tertiary/aromatic N) is 1. The zero-order chi connectivity index (χ0) is 9.56. The van der Waals surface area contributed by atoms with Crippen molar-refractivity contribution in [3.8, 4) is 0 Å². The molecular weight excluding hydrogens is 213 g/mol. The van der Waals surface area contributed by atoms with Gasteiger partial charge in [-0.1, -0.05) is 0 Å². The molecular formula is C7H14Cl2NOSi. The first kappa shape index (κ1) is 12.7. The highest BCUT2D eigenvalue weighted by Gasteiger charge is 2.19. The van der Waals surface area contributed by atoms with Gasteiger partial charge in [-0.2, -0.15) is 0 Å². The summed E-state index contributed by atoms with van der Waals surface area (Å²) < 4.78 is 5.01. The molecule has 0 saturated heterocycles. The summed E-state index contributed by atoms with van der Waals surface area (Å²) in [5.74, 6) is 1.15. The summed E-state index contributed by atoms with van der Waals surface area (Å²) in [5, 5.41) is 0. The van der Waals surface area contributed by atoms with Gasteiger partial charge in [0.2, 0.25) is 10.5 Å². The predicted octanol–water partition coefficient (Wildman–Crippen LogP) is 1.25. The fourth-order valence-corrected chi connectivity index (χ4v) is 1.89. The van der Waals surface area contributed by atoms with Gasteiger partial charge in [-0.15, -0.1) is 23.2 Å². The lowest BCUT2D eigenvalue weighted by molar-refractivity contribution is 0.120. The SMILES string of the molecule is CC(O[Si])C(CCl)N(C)CCCl. The highest BCUT2D eigenvalue weighted by atomic mass is 35.5. The van der Waals surface area contributed by atoms with E-state index in [9.17, 15) is 0 Å². The van der Waals surface area contributed by atoms with Crippen LogP contribution in [0.25, 0.3) is 0 Å². The second kappa shape index (κ2) is 7.15. The van der Waals surface area contributed by atoms with Crippen LogP contribution in [0, 0.1) is 0 Å². The molecule has 71 valence electrons. The summed E-state index contributed by atoms with van der Waals surface area (Å²) in [6.45, 7) is 2.78. The normalized spacial score (nSPS) is 16.5. The molecule has 0 N–H and O–H groups in total. The Morgan fingerprint density at radius 3 is 2.42 bits per heavy atom. The molecule has 0 aliphatic rings. The van der Waals surface area contributed by atoms with Gasteiger partial charge >= 0.3 is 0 Å². The van der Waals surface area contributed by atoms with Crippen LogP contribution in [0.15, 0.2) is 0 Å². The molecule has 2 unspecified atom stereocenters. The Labute approximate surface area is 87.7 Å². The highest BCUT2D eigenvalue weighted by Crippen LogP contribution is 2.07. The zero-order valence-corrected chi connectivity index (χ0v) is 9.90. The molecule has 0 aliphatic carbocycles. The first-order valence-electron chi connectivity index (χ1n) is 3.81. The summed E-state index contributed by atoms with van der Waals surface area (Å²) in [4.78, 5) is 2.09. The van der Waals surface area contributed by atoms with Gasteiger partial charge in [0.05, 0.1) is 6.10 Å². The summed E-state index contributed by atoms with van der Waals surface area (Å²) in [5.41, 5.74) is 0. The summed E-state index contributed by atoms with van der Waals surface area (Å²) >= 11 is 11.4. The Balaban J connectivity index is 3.94. The van der Waals surface area contributed by atoms with E-state index in [1.165, 1.54) is 0 Å². The third-order valence-electron chi connectivity index (χ3n) is 1.89. The lowest BCUT2D eigenvalue weighted by Crippen LogP contribution is -2.43. The fourth-order valence-electron chi connectivity index (χ4n) is 0.979. The lowest BCUT2D eigenvalue weighted by atomic mass is 10.2. The van der Waals surface area contributed by atoms with E-state index in [2.05, 4.69) is 15.4 Å². The van der Waals surface area contributed by atoms with Crippen LogP contribution < -0.4 is 0 Å². The first-order valence-corrected chi connectivity index (χ1v) is 5.29. The van der Waals surface area contributed by atoms with Crippen molar-refractivity contribution in [3.63, 3.8) is 0 Å². The zero-order valence-electron chi connectivity index (χ0n) is 7.39. The van der Waals surface area contributed by atoms with Crippen molar-refractivity contribution in [1.29, 1.82) is 0 Å². The fraction of sp³-hybridized carbons (Fsp3) is 1.00. The number of likely N-dealkylation sites (N-methyl/N-ethyl adjacent to an activating group) is 1. The van der Waals surface area contributed by atoms with E-state index in [0.717, 1.165) is 6.54 Å². The number of rotatable bonds is 6. The van der Waals surface area contributed by atoms with Crippen molar-refractivity contribution in [2.75, 3.05) is 25.4 Å². The van der Waals surface area contributed by atoms with Crippen LogP contribution in [0.4, 0.5) is 0 Å². The summed E-state index contributed by atoms with van der Waals surface area (Å²) in [6, 6.07) is 0.197. The van der Waals surface area contributed by atoms with E-state index in [1.807, 2.05) is 14.0 Å². The quantitative estimate of drug-likeness (QED) is 0.500. The molecule has 2 atom stereocenters. The summed E-state index contributed by atoms with van der Waals surface area (Å²) in [6.07, 6.45) is 0.0624. The Morgan fingerprint density at radius 2 is 2.08 bits per heavy atom. The third-order valence-corrected chi connectivity index (χ3v) is 2.75. The molecule has 5 heteroatoms. The molecule has 0 rings (SSSR count). The van der Waals surface area contributed by atoms with E-state index < -0.39 is 0 Å². The maximum atomic E-state index is 5.79. The smallest absolute Gasteiger partial charge is 0.246 e. The van der Waals surface area contributed by atoms with E-state index in [-0.39, 0.29) is 12.1 Å². The molecule has 0 fully saturated rings. The monoisotopic (exact) mass is 226 g/mol. The van der Waals surface area contributed by atoms with Crippen molar-refractivity contribution in [3.05, 3.63) is 0 Å². The van der Waals surface area contributed by atoms with Crippen molar-refractivity contribution in [1.82, 2.24) is 4.90 Å². The molecule has 0 aromatic rings. The van der Waals surface area contributed by atoms with E-state index >= 15 is 0 Å². The van der Waals surface area contributed by atoms with Gasteiger partial charge in [-0.05, 0) is 14.0 Å². The molecule has 0 amide bonds. The Hall–Kier alpha value is 0.717. The number of alkyl halides is 2. The van der Waals surface area contributed by atoms with Gasteiger partial charge in [-0.25, -0.2) is 0 Å². The third kappa shape index (κ3) is 4.10. The minimum atomic E-state index is 0.0624. The predicted molar refractivity (Wildman–Crippen MR) is 54.2 cm³/mol. The van der Waals surface area contributed by atoms with Crippen LogP contribution >= 0.6 is 23.2 Å². The van der Waals surface area contributed by atoms with Gasteiger partial charge in [-0.3, -0.25) is 4.90 Å². The van der Waals surface area contributed by atoms with Crippen molar-refractivity contribution in [2.45, 2.75) is 19.1 Å². The highest BCUT2D eigenvalue weighted by molar-refractivity contribution is 6.18. The van der Waals surface area contributed by atoms with Gasteiger partial charge < -0.3 is 4.43 Å². The van der Waals surface area contributed by atoms with Gasteiger partial charge in [0.25, 0.3) is 0 Å². The second-order valence-corrected chi connectivity index (χ2v) is 3.64. The average molecular weight is 227 g/mol. The standard InChI is InChI=1S/C7H14Cl2NOSi/c1-6(11-12)7(5-9)10(2)4-3-8/h6-7H,3-5H2,1-2H3. The van der Waals surface area contributed by atoms with Crippen LogP contribution in [0.5, 0.6) is 0 Å². The van der Waals surface area contributed by atoms with E-state index in [4.69, 9.17) is 27.6 Å². The molecule has 3 radical (unpaired) electrons. The topological polar surface area (TPSA) is 12.5 Å². The van der Waals surface area contributed by atoms with Gasteiger partial charge in [0.1, 0.15) is 0 Å². The molecule has 0 bridgehead atoms. The van der Waals surface area contributed by atoms with E-state index in [0.29, 0.717) is 11.8 Å². The van der Waals surface area contributed by atoms with Gasteiger partial charge in [0, 0.05) is 24.3 Å². The lowest BCUT2D eigenvalue weighted by Gasteiger charge is -2.29. The van der Waals surface area contributed by atoms with Gasteiger partial charge in [0.15, 0.2) is 0 Å². The van der Waals surface area contributed by atoms with E-state index in [1.54, 1.807) is 0 Å². The Bertz CT molecular complexity index is 118. The van der Waals surface area contributed by atoms with Crippen LogP contribution in [-0.2, 0) is 4.43 Å². The maximum absolute atomic E-state index is 5.79. The minimum absolute atomic E-state index is 0.0624.